The lowest BCUT2D eigenvalue weighted by Crippen LogP contribution is -2.18. The molecule has 35 heavy (non-hydrogen) atoms. The molecule has 0 atom stereocenters. The van der Waals surface area contributed by atoms with Gasteiger partial charge >= 0.3 is 0 Å². The van der Waals surface area contributed by atoms with Crippen LogP contribution in [0.5, 0.6) is 0 Å². The van der Waals surface area contributed by atoms with E-state index in [2.05, 4.69) is 39.6 Å². The Morgan fingerprint density at radius 1 is 1.20 bits per heavy atom. The quantitative estimate of drug-likeness (QED) is 0.396. The summed E-state index contributed by atoms with van der Waals surface area (Å²) in [6.45, 7) is 14.7. The molecule has 3 aromatic rings. The number of rotatable bonds is 5. The number of aldehydes is 1. The van der Waals surface area contributed by atoms with Crippen LogP contribution in [0.1, 0.15) is 76.4 Å². The van der Waals surface area contributed by atoms with Crippen molar-refractivity contribution in [3.63, 3.8) is 0 Å². The summed E-state index contributed by atoms with van der Waals surface area (Å²) < 4.78 is 15.6. The third-order valence-electron chi connectivity index (χ3n) is 4.07. The average molecular weight is 508 g/mol. The lowest BCUT2D eigenvalue weighted by Gasteiger charge is -2.13. The van der Waals surface area contributed by atoms with Crippen molar-refractivity contribution in [3.8, 4) is 0 Å². The number of aromatic nitrogens is 2. The maximum atomic E-state index is 14.2. The Labute approximate surface area is 213 Å². The monoisotopic (exact) mass is 507 g/mol. The van der Waals surface area contributed by atoms with Crippen molar-refractivity contribution >= 4 is 34.7 Å². The number of carbonyl (C=O) groups excluding carboxylic acids is 1. The SMILES string of the molecule is CC.CC(C)C.CCC.Nc1nc2c(cc1Cc1cccc(Cl)c1F)c(=O)c(C=O)cn2CCO. The predicted octanol–water partition coefficient (Wildman–Crippen LogP) is 6.27. The summed E-state index contributed by atoms with van der Waals surface area (Å²) in [6, 6.07) is 6.12. The van der Waals surface area contributed by atoms with E-state index in [-0.39, 0.29) is 47.0 Å². The molecule has 2 aromatic heterocycles. The van der Waals surface area contributed by atoms with Gasteiger partial charge in [-0.1, -0.05) is 78.6 Å². The zero-order valence-corrected chi connectivity index (χ0v) is 22.6. The molecule has 0 amide bonds. The summed E-state index contributed by atoms with van der Waals surface area (Å²) in [5.74, 6) is 0.398. The van der Waals surface area contributed by atoms with Gasteiger partial charge in [-0.25, -0.2) is 9.37 Å². The third-order valence-corrected chi connectivity index (χ3v) is 4.36. The van der Waals surface area contributed by atoms with Gasteiger partial charge in [-0.3, -0.25) is 9.59 Å². The lowest BCUT2D eigenvalue weighted by atomic mass is 10.0. The molecule has 0 aliphatic rings. The van der Waals surface area contributed by atoms with Gasteiger partial charge < -0.3 is 15.4 Å². The number of nitrogens with two attached hydrogens (primary N) is 1. The molecule has 2 heterocycles. The summed E-state index contributed by atoms with van der Waals surface area (Å²) in [5, 5.41) is 9.35. The van der Waals surface area contributed by atoms with E-state index in [0.717, 1.165) is 5.92 Å². The van der Waals surface area contributed by atoms with Crippen LogP contribution in [0.2, 0.25) is 5.02 Å². The molecule has 0 fully saturated rings. The summed E-state index contributed by atoms with van der Waals surface area (Å²) in [7, 11) is 0. The van der Waals surface area contributed by atoms with Gasteiger partial charge in [0.1, 0.15) is 17.3 Å². The van der Waals surface area contributed by atoms with E-state index in [1.54, 1.807) is 12.1 Å². The largest absolute Gasteiger partial charge is 0.395 e. The number of nitrogen functional groups attached to an aromatic ring is 1. The van der Waals surface area contributed by atoms with Crippen LogP contribution in [0.3, 0.4) is 0 Å². The van der Waals surface area contributed by atoms with Crippen molar-refractivity contribution in [2.45, 2.75) is 67.9 Å². The van der Waals surface area contributed by atoms with Crippen LogP contribution in [-0.4, -0.2) is 27.6 Å². The normalized spacial score (nSPS) is 9.91. The fourth-order valence-electron chi connectivity index (χ4n) is 2.78. The van der Waals surface area contributed by atoms with Gasteiger partial charge in [0, 0.05) is 19.2 Å². The summed E-state index contributed by atoms with van der Waals surface area (Å²) in [4.78, 5) is 27.9. The van der Waals surface area contributed by atoms with Gasteiger partial charge in [0.05, 0.1) is 22.6 Å². The molecule has 0 spiro atoms. The third kappa shape index (κ3) is 9.78. The second kappa shape index (κ2) is 16.8. The van der Waals surface area contributed by atoms with E-state index in [1.165, 1.54) is 29.3 Å². The molecule has 3 N–H and O–H groups in total. The van der Waals surface area contributed by atoms with Gasteiger partial charge in [-0.15, -0.1) is 0 Å². The molecule has 0 aliphatic carbocycles. The predicted molar refractivity (Wildman–Crippen MR) is 145 cm³/mol. The highest BCUT2D eigenvalue weighted by molar-refractivity contribution is 6.30. The Balaban J connectivity index is 0.00000112. The topological polar surface area (TPSA) is 98.2 Å². The molecule has 1 aromatic carbocycles. The molecule has 0 unspecified atom stereocenters. The molecule has 0 saturated carbocycles. The molecule has 8 heteroatoms. The number of nitrogens with zero attached hydrogens (tertiary/aromatic N) is 2. The highest BCUT2D eigenvalue weighted by atomic mass is 35.5. The first-order valence-electron chi connectivity index (χ1n) is 11.9. The summed E-state index contributed by atoms with van der Waals surface area (Å²) in [5.41, 5.74) is 6.44. The number of hydrogen-bond acceptors (Lipinski definition) is 5. The Morgan fingerprint density at radius 2 is 1.77 bits per heavy atom. The fourth-order valence-corrected chi connectivity index (χ4v) is 2.98. The molecule has 194 valence electrons. The second-order valence-corrected chi connectivity index (χ2v) is 8.59. The maximum absolute atomic E-state index is 14.2. The van der Waals surface area contributed by atoms with Crippen molar-refractivity contribution in [2.75, 3.05) is 12.3 Å². The summed E-state index contributed by atoms with van der Waals surface area (Å²) in [6.07, 6.45) is 3.12. The van der Waals surface area contributed by atoms with Crippen LogP contribution in [-0.2, 0) is 13.0 Å². The first-order valence-corrected chi connectivity index (χ1v) is 12.3. The Morgan fingerprint density at radius 3 is 2.29 bits per heavy atom. The van der Waals surface area contributed by atoms with E-state index in [4.69, 9.17) is 17.3 Å². The number of benzene rings is 1. The van der Waals surface area contributed by atoms with Crippen molar-refractivity contribution < 1.29 is 14.3 Å². The molecular formula is C27H39ClFN3O3. The van der Waals surface area contributed by atoms with Crippen molar-refractivity contribution in [3.05, 3.63) is 68.2 Å². The van der Waals surface area contributed by atoms with Crippen LogP contribution < -0.4 is 11.2 Å². The van der Waals surface area contributed by atoms with Gasteiger partial charge in [0.15, 0.2) is 6.29 Å². The molecule has 6 nitrogen and oxygen atoms in total. The van der Waals surface area contributed by atoms with E-state index in [1.807, 2.05) is 13.8 Å². The van der Waals surface area contributed by atoms with E-state index < -0.39 is 11.2 Å². The second-order valence-electron chi connectivity index (χ2n) is 8.18. The van der Waals surface area contributed by atoms with Crippen LogP contribution in [0.15, 0.2) is 35.3 Å². The number of halogens is 2. The van der Waals surface area contributed by atoms with Crippen LogP contribution in [0, 0.1) is 11.7 Å². The zero-order chi connectivity index (χ0) is 27.1. The molecule has 3 rings (SSSR count). The number of aliphatic hydroxyl groups is 1. The van der Waals surface area contributed by atoms with E-state index in [0.29, 0.717) is 17.4 Å². The summed E-state index contributed by atoms with van der Waals surface area (Å²) >= 11 is 5.80. The van der Waals surface area contributed by atoms with Gasteiger partial charge in [-0.2, -0.15) is 0 Å². The smallest absolute Gasteiger partial charge is 0.201 e. The number of anilines is 1. The number of carbonyl (C=O) groups is 1. The Kier molecular flexibility index (Phi) is 15.5. The number of aliphatic hydroxyl groups excluding tert-OH is 1. The van der Waals surface area contributed by atoms with Gasteiger partial charge in [0.25, 0.3) is 0 Å². The van der Waals surface area contributed by atoms with Crippen molar-refractivity contribution in [1.82, 2.24) is 9.55 Å². The zero-order valence-electron chi connectivity index (χ0n) is 21.9. The Hall–Kier alpha value is -2.77. The molecule has 0 radical (unpaired) electrons. The first kappa shape index (κ1) is 32.2. The highest BCUT2D eigenvalue weighted by Gasteiger charge is 2.15. The highest BCUT2D eigenvalue weighted by Crippen LogP contribution is 2.24. The molecule has 0 aliphatic heterocycles. The molecular weight excluding hydrogens is 469 g/mol. The average Bonchev–Trinajstić information content (AvgIpc) is 2.81. The Bertz CT molecular complexity index is 1130. The standard InChI is InChI=1S/C18H15ClFN3O3.C4H10.C3H8.C2H6/c19-14-3-1-2-10(15(14)20)6-11-7-13-16(26)12(9-25)8-23(4-5-24)18(13)22-17(11)21;1-4(2)3;1-3-2;1-2/h1-3,7-9,24H,4-6H2,(H2,21,22);4H,1-3H3;3H2,1-2H3;1-2H3. The van der Waals surface area contributed by atoms with Crippen molar-refractivity contribution in [1.29, 1.82) is 0 Å². The minimum absolute atomic E-state index is 0.0108. The number of pyridine rings is 2. The van der Waals surface area contributed by atoms with Crippen molar-refractivity contribution in [2.24, 2.45) is 5.92 Å². The number of fused-ring (bicyclic) bond motifs is 1. The van der Waals surface area contributed by atoms with Crippen LogP contribution in [0.4, 0.5) is 10.2 Å². The van der Waals surface area contributed by atoms with Crippen LogP contribution >= 0.6 is 11.6 Å². The minimum Gasteiger partial charge on any atom is -0.395 e. The van der Waals surface area contributed by atoms with Gasteiger partial charge in [0.2, 0.25) is 5.43 Å². The minimum atomic E-state index is -0.562. The van der Waals surface area contributed by atoms with Gasteiger partial charge in [-0.05, 0) is 29.2 Å². The maximum Gasteiger partial charge on any atom is 0.201 e. The van der Waals surface area contributed by atoms with Crippen LogP contribution in [0.25, 0.3) is 11.0 Å². The fraction of sp³-hybridized carbons (Fsp3) is 0.444. The first-order chi connectivity index (χ1) is 16.6. The molecule has 0 saturated heterocycles. The van der Waals surface area contributed by atoms with E-state index >= 15 is 0 Å². The lowest BCUT2D eigenvalue weighted by molar-refractivity contribution is 0.112. The number of hydrogen-bond donors (Lipinski definition) is 2. The van der Waals surface area contributed by atoms with E-state index in [9.17, 15) is 19.1 Å². The molecule has 0 bridgehead atoms.